The quantitative estimate of drug-likeness (QED) is 0.599. The lowest BCUT2D eigenvalue weighted by molar-refractivity contribution is -0.117. The molecule has 3 rings (SSSR count). The van der Waals surface area contributed by atoms with Crippen molar-refractivity contribution in [2.75, 3.05) is 11.9 Å². The lowest BCUT2D eigenvalue weighted by Crippen LogP contribution is -2.33. The Morgan fingerprint density at radius 2 is 1.79 bits per heavy atom. The SMILES string of the molecule is Cc1nc2ccccc2c(C)c1CC(=O)Nc1cccc(C(=O)NCC(N)=O)c1. The van der Waals surface area contributed by atoms with E-state index in [2.05, 4.69) is 15.6 Å². The summed E-state index contributed by atoms with van der Waals surface area (Å²) < 4.78 is 0. The molecule has 29 heavy (non-hydrogen) atoms. The lowest BCUT2D eigenvalue weighted by atomic mass is 9.99. The number of hydrogen-bond donors (Lipinski definition) is 3. The van der Waals surface area contributed by atoms with Crippen LogP contribution >= 0.6 is 0 Å². The molecule has 7 nitrogen and oxygen atoms in total. The summed E-state index contributed by atoms with van der Waals surface area (Å²) in [5.74, 6) is -1.27. The molecule has 0 unspecified atom stereocenters. The van der Waals surface area contributed by atoms with Crippen molar-refractivity contribution in [3.05, 3.63) is 70.9 Å². The van der Waals surface area contributed by atoms with Gasteiger partial charge in [-0.1, -0.05) is 24.3 Å². The van der Waals surface area contributed by atoms with Gasteiger partial charge in [0.15, 0.2) is 0 Å². The average Bonchev–Trinajstić information content (AvgIpc) is 2.69. The van der Waals surface area contributed by atoms with Crippen LogP contribution in [0.15, 0.2) is 48.5 Å². The van der Waals surface area contributed by atoms with E-state index >= 15 is 0 Å². The fourth-order valence-electron chi connectivity index (χ4n) is 3.20. The number of carbonyl (C=O) groups is 3. The Bertz CT molecular complexity index is 1110. The van der Waals surface area contributed by atoms with E-state index in [0.29, 0.717) is 11.3 Å². The van der Waals surface area contributed by atoms with Gasteiger partial charge in [-0.15, -0.1) is 0 Å². The highest BCUT2D eigenvalue weighted by Crippen LogP contribution is 2.23. The average molecular weight is 390 g/mol. The largest absolute Gasteiger partial charge is 0.368 e. The van der Waals surface area contributed by atoms with Crippen LogP contribution in [0.3, 0.4) is 0 Å². The standard InChI is InChI=1S/C22H22N4O3/c1-13-17-8-3-4-9-19(17)25-14(2)18(13)11-21(28)26-16-7-5-6-15(10-16)22(29)24-12-20(23)27/h3-10H,11-12H2,1-2H3,(H2,23,27)(H,24,29)(H,26,28). The fourth-order valence-corrected chi connectivity index (χ4v) is 3.20. The van der Waals surface area contributed by atoms with Gasteiger partial charge in [-0.25, -0.2) is 0 Å². The van der Waals surface area contributed by atoms with E-state index in [0.717, 1.165) is 27.7 Å². The third-order valence-electron chi connectivity index (χ3n) is 4.65. The minimum atomic E-state index is -0.627. The van der Waals surface area contributed by atoms with Crippen molar-refractivity contribution in [1.82, 2.24) is 10.3 Å². The van der Waals surface area contributed by atoms with Crippen LogP contribution in [0, 0.1) is 13.8 Å². The van der Waals surface area contributed by atoms with Gasteiger partial charge in [0.2, 0.25) is 11.8 Å². The molecule has 3 amide bonds. The van der Waals surface area contributed by atoms with Crippen LogP contribution in [0.5, 0.6) is 0 Å². The molecule has 0 atom stereocenters. The number of carbonyl (C=O) groups excluding carboxylic acids is 3. The molecular weight excluding hydrogens is 368 g/mol. The molecule has 0 fully saturated rings. The van der Waals surface area contributed by atoms with Crippen LogP contribution in [0.1, 0.15) is 27.2 Å². The molecule has 0 aliphatic heterocycles. The van der Waals surface area contributed by atoms with Crippen molar-refractivity contribution in [1.29, 1.82) is 0 Å². The summed E-state index contributed by atoms with van der Waals surface area (Å²) in [6.07, 6.45) is 0.174. The van der Waals surface area contributed by atoms with E-state index in [1.54, 1.807) is 24.3 Å². The first-order valence-corrected chi connectivity index (χ1v) is 9.16. The zero-order valence-electron chi connectivity index (χ0n) is 16.3. The molecule has 1 aromatic heterocycles. The van der Waals surface area contributed by atoms with E-state index in [1.165, 1.54) is 0 Å². The molecule has 0 saturated carbocycles. The second-order valence-electron chi connectivity index (χ2n) is 6.77. The number of primary amides is 1. The van der Waals surface area contributed by atoms with Crippen LogP contribution in [0.2, 0.25) is 0 Å². The van der Waals surface area contributed by atoms with E-state index in [9.17, 15) is 14.4 Å². The number of nitrogens with two attached hydrogens (primary N) is 1. The third-order valence-corrected chi connectivity index (χ3v) is 4.65. The zero-order chi connectivity index (χ0) is 21.0. The van der Waals surface area contributed by atoms with Crippen LogP contribution in [-0.4, -0.2) is 29.3 Å². The van der Waals surface area contributed by atoms with Gasteiger partial charge in [0.25, 0.3) is 5.91 Å². The molecule has 7 heteroatoms. The maximum Gasteiger partial charge on any atom is 0.251 e. The predicted molar refractivity (Wildman–Crippen MR) is 112 cm³/mol. The molecule has 3 aromatic rings. The topological polar surface area (TPSA) is 114 Å². The van der Waals surface area contributed by atoms with Gasteiger partial charge in [-0.2, -0.15) is 0 Å². The summed E-state index contributed by atoms with van der Waals surface area (Å²) in [4.78, 5) is 40.1. The number of fused-ring (bicyclic) bond motifs is 1. The highest BCUT2D eigenvalue weighted by atomic mass is 16.2. The van der Waals surface area contributed by atoms with Crippen molar-refractivity contribution in [2.45, 2.75) is 20.3 Å². The maximum absolute atomic E-state index is 12.6. The Balaban J connectivity index is 1.75. The molecule has 0 bridgehead atoms. The summed E-state index contributed by atoms with van der Waals surface area (Å²) in [7, 11) is 0. The van der Waals surface area contributed by atoms with E-state index in [-0.39, 0.29) is 18.9 Å². The van der Waals surface area contributed by atoms with Gasteiger partial charge in [-0.3, -0.25) is 19.4 Å². The van der Waals surface area contributed by atoms with E-state index in [4.69, 9.17) is 5.73 Å². The Morgan fingerprint density at radius 1 is 1.03 bits per heavy atom. The highest BCUT2D eigenvalue weighted by Gasteiger charge is 2.14. The van der Waals surface area contributed by atoms with E-state index in [1.807, 2.05) is 38.1 Å². The minimum Gasteiger partial charge on any atom is -0.368 e. The number of aromatic nitrogens is 1. The second kappa shape index (κ2) is 8.52. The van der Waals surface area contributed by atoms with Crippen molar-refractivity contribution in [3.8, 4) is 0 Å². The Morgan fingerprint density at radius 3 is 2.55 bits per heavy atom. The van der Waals surface area contributed by atoms with Gasteiger partial charge >= 0.3 is 0 Å². The Kier molecular flexibility index (Phi) is 5.87. The third kappa shape index (κ3) is 4.76. The molecule has 2 aromatic carbocycles. The number of rotatable bonds is 6. The van der Waals surface area contributed by atoms with Gasteiger partial charge in [0, 0.05) is 22.3 Å². The Labute approximate surface area is 168 Å². The molecule has 4 N–H and O–H groups in total. The molecule has 0 radical (unpaired) electrons. The number of para-hydroxylation sites is 1. The van der Waals surface area contributed by atoms with Crippen molar-refractivity contribution in [2.24, 2.45) is 5.73 Å². The summed E-state index contributed by atoms with van der Waals surface area (Å²) in [6.45, 7) is 3.64. The predicted octanol–water partition coefficient (Wildman–Crippen LogP) is 2.25. The molecular formula is C22H22N4O3. The van der Waals surface area contributed by atoms with E-state index < -0.39 is 11.8 Å². The van der Waals surface area contributed by atoms with Crippen molar-refractivity contribution in [3.63, 3.8) is 0 Å². The van der Waals surface area contributed by atoms with Gasteiger partial charge in [-0.05, 0) is 49.2 Å². The Hall–Kier alpha value is -3.74. The molecule has 0 spiro atoms. The number of amides is 3. The molecule has 1 heterocycles. The van der Waals surface area contributed by atoms with Crippen LogP contribution < -0.4 is 16.4 Å². The van der Waals surface area contributed by atoms with Crippen LogP contribution in [0.4, 0.5) is 5.69 Å². The minimum absolute atomic E-state index is 0.174. The first-order valence-electron chi connectivity index (χ1n) is 9.16. The van der Waals surface area contributed by atoms with Crippen molar-refractivity contribution < 1.29 is 14.4 Å². The monoisotopic (exact) mass is 390 g/mol. The number of nitrogens with zero attached hydrogens (tertiary/aromatic N) is 1. The number of pyridine rings is 1. The summed E-state index contributed by atoms with van der Waals surface area (Å²) in [5.41, 5.74) is 9.48. The maximum atomic E-state index is 12.6. The number of aryl methyl sites for hydroxylation is 2. The number of nitrogens with one attached hydrogen (secondary N) is 2. The zero-order valence-corrected chi connectivity index (χ0v) is 16.3. The fraction of sp³-hybridized carbons (Fsp3) is 0.182. The normalized spacial score (nSPS) is 10.6. The summed E-state index contributed by atoms with van der Waals surface area (Å²) in [5, 5.41) is 6.25. The number of benzene rings is 2. The van der Waals surface area contributed by atoms with Crippen molar-refractivity contribution >= 4 is 34.3 Å². The summed E-state index contributed by atoms with van der Waals surface area (Å²) >= 11 is 0. The van der Waals surface area contributed by atoms with Gasteiger partial charge in [0.05, 0.1) is 18.5 Å². The highest BCUT2D eigenvalue weighted by molar-refractivity contribution is 5.99. The van der Waals surface area contributed by atoms with Crippen LogP contribution in [0.25, 0.3) is 10.9 Å². The van der Waals surface area contributed by atoms with Crippen LogP contribution in [-0.2, 0) is 16.0 Å². The number of anilines is 1. The number of hydrogen-bond acceptors (Lipinski definition) is 4. The first kappa shape index (κ1) is 20.0. The molecule has 148 valence electrons. The molecule has 0 saturated heterocycles. The first-order chi connectivity index (χ1) is 13.8. The molecule has 0 aliphatic rings. The van der Waals surface area contributed by atoms with Gasteiger partial charge < -0.3 is 16.4 Å². The van der Waals surface area contributed by atoms with Gasteiger partial charge in [0.1, 0.15) is 0 Å². The summed E-state index contributed by atoms with van der Waals surface area (Å²) in [6, 6.07) is 14.3. The smallest absolute Gasteiger partial charge is 0.251 e. The lowest BCUT2D eigenvalue weighted by Gasteiger charge is -2.13. The molecule has 0 aliphatic carbocycles. The second-order valence-corrected chi connectivity index (χ2v) is 6.77.